The Morgan fingerprint density at radius 2 is 1.72 bits per heavy atom. The Kier molecular flexibility index (Phi) is 5.12. The van der Waals surface area contributed by atoms with Gasteiger partial charge in [0.25, 0.3) is 0 Å². The van der Waals surface area contributed by atoms with Crippen molar-refractivity contribution in [1.82, 2.24) is 10.6 Å². The lowest BCUT2D eigenvalue weighted by Gasteiger charge is -2.26. The second kappa shape index (κ2) is 6.37. The molecule has 0 unspecified atom stereocenters. The van der Waals surface area contributed by atoms with Gasteiger partial charge in [-0.1, -0.05) is 12.8 Å². The van der Waals surface area contributed by atoms with Crippen molar-refractivity contribution in [3.05, 3.63) is 0 Å². The SMILES string of the molecule is CNC(=O)CNC(=O)CC1(CC(=O)O)CCCC1. The first-order valence-electron chi connectivity index (χ1n) is 6.16. The molecule has 0 aromatic carbocycles. The van der Waals surface area contributed by atoms with Crippen LogP contribution in [-0.4, -0.2) is 36.5 Å². The lowest BCUT2D eigenvalue weighted by Crippen LogP contribution is -2.38. The summed E-state index contributed by atoms with van der Waals surface area (Å²) in [6.45, 7) is -0.0571. The monoisotopic (exact) mass is 256 g/mol. The third-order valence-electron chi connectivity index (χ3n) is 3.45. The molecule has 1 fully saturated rings. The highest BCUT2D eigenvalue weighted by atomic mass is 16.4. The van der Waals surface area contributed by atoms with Crippen molar-refractivity contribution >= 4 is 17.8 Å². The van der Waals surface area contributed by atoms with E-state index < -0.39 is 11.4 Å². The average molecular weight is 256 g/mol. The predicted octanol–water partition coefficient (Wildman–Crippen LogP) is 0.274. The van der Waals surface area contributed by atoms with E-state index in [1.807, 2.05) is 0 Å². The van der Waals surface area contributed by atoms with Crippen LogP contribution in [0.1, 0.15) is 38.5 Å². The molecule has 3 N–H and O–H groups in total. The van der Waals surface area contributed by atoms with Crippen molar-refractivity contribution in [1.29, 1.82) is 0 Å². The fraction of sp³-hybridized carbons (Fsp3) is 0.750. The molecule has 18 heavy (non-hydrogen) atoms. The summed E-state index contributed by atoms with van der Waals surface area (Å²) in [5, 5.41) is 13.8. The van der Waals surface area contributed by atoms with Crippen LogP contribution in [0.3, 0.4) is 0 Å². The van der Waals surface area contributed by atoms with Gasteiger partial charge in [0.05, 0.1) is 13.0 Å². The van der Waals surface area contributed by atoms with Crippen LogP contribution in [0.2, 0.25) is 0 Å². The Morgan fingerprint density at radius 1 is 1.11 bits per heavy atom. The maximum atomic E-state index is 11.7. The number of amides is 2. The summed E-state index contributed by atoms with van der Waals surface area (Å²) in [6.07, 6.45) is 3.70. The third kappa shape index (κ3) is 4.35. The molecule has 2 amide bonds. The van der Waals surface area contributed by atoms with Gasteiger partial charge in [-0.3, -0.25) is 14.4 Å². The van der Waals surface area contributed by atoms with Crippen molar-refractivity contribution < 1.29 is 19.5 Å². The van der Waals surface area contributed by atoms with Gasteiger partial charge in [0, 0.05) is 13.5 Å². The zero-order chi connectivity index (χ0) is 13.6. The predicted molar refractivity (Wildman–Crippen MR) is 64.8 cm³/mol. The van der Waals surface area contributed by atoms with Crippen LogP contribution in [0.5, 0.6) is 0 Å². The fourth-order valence-corrected chi connectivity index (χ4v) is 2.53. The summed E-state index contributed by atoms with van der Waals surface area (Å²) in [7, 11) is 1.50. The van der Waals surface area contributed by atoms with Crippen molar-refractivity contribution in [2.75, 3.05) is 13.6 Å². The second-order valence-electron chi connectivity index (χ2n) is 4.90. The molecule has 0 aliphatic heterocycles. The molecule has 0 aromatic rings. The molecular formula is C12H20N2O4. The Morgan fingerprint density at radius 3 is 2.22 bits per heavy atom. The Bertz CT molecular complexity index is 335. The number of carbonyl (C=O) groups is 3. The number of nitrogens with one attached hydrogen (secondary N) is 2. The molecule has 6 nitrogen and oxygen atoms in total. The molecule has 1 aliphatic rings. The quantitative estimate of drug-likeness (QED) is 0.635. The smallest absolute Gasteiger partial charge is 0.303 e. The van der Waals surface area contributed by atoms with Crippen LogP contribution >= 0.6 is 0 Å². The lowest BCUT2D eigenvalue weighted by molar-refractivity contribution is -0.140. The summed E-state index contributed by atoms with van der Waals surface area (Å²) in [6, 6.07) is 0. The largest absolute Gasteiger partial charge is 0.481 e. The van der Waals surface area contributed by atoms with E-state index in [9.17, 15) is 14.4 Å². The molecule has 0 spiro atoms. The molecule has 0 heterocycles. The topological polar surface area (TPSA) is 95.5 Å². The van der Waals surface area contributed by atoms with Gasteiger partial charge in [-0.2, -0.15) is 0 Å². The van der Waals surface area contributed by atoms with Crippen LogP contribution < -0.4 is 10.6 Å². The van der Waals surface area contributed by atoms with Crippen LogP contribution in [0.15, 0.2) is 0 Å². The minimum atomic E-state index is -0.865. The van der Waals surface area contributed by atoms with Gasteiger partial charge < -0.3 is 15.7 Å². The second-order valence-corrected chi connectivity index (χ2v) is 4.90. The molecule has 0 radical (unpaired) electrons. The summed E-state index contributed by atoms with van der Waals surface area (Å²) < 4.78 is 0. The highest BCUT2D eigenvalue weighted by Crippen LogP contribution is 2.43. The maximum Gasteiger partial charge on any atom is 0.303 e. The van der Waals surface area contributed by atoms with Crippen LogP contribution in [0.4, 0.5) is 0 Å². The van der Waals surface area contributed by atoms with Gasteiger partial charge in [0.15, 0.2) is 0 Å². The van der Waals surface area contributed by atoms with Gasteiger partial charge >= 0.3 is 5.97 Å². The van der Waals surface area contributed by atoms with E-state index in [1.165, 1.54) is 7.05 Å². The number of carbonyl (C=O) groups excluding carboxylic acids is 2. The van der Waals surface area contributed by atoms with E-state index >= 15 is 0 Å². The summed E-state index contributed by atoms with van der Waals surface area (Å²) >= 11 is 0. The molecule has 6 heteroatoms. The van der Waals surface area contributed by atoms with Crippen molar-refractivity contribution in [3.63, 3.8) is 0 Å². The van der Waals surface area contributed by atoms with Crippen molar-refractivity contribution in [2.45, 2.75) is 38.5 Å². The van der Waals surface area contributed by atoms with E-state index in [4.69, 9.17) is 5.11 Å². The van der Waals surface area contributed by atoms with E-state index in [0.717, 1.165) is 25.7 Å². The standard InChI is InChI=1S/C12H20N2O4/c1-13-10(16)8-14-9(15)6-12(7-11(17)18)4-2-3-5-12/h2-8H2,1H3,(H,13,16)(H,14,15)(H,17,18). The minimum absolute atomic E-state index is 0.0282. The van der Waals surface area contributed by atoms with Crippen LogP contribution in [0.25, 0.3) is 0 Å². The average Bonchev–Trinajstić information content (AvgIpc) is 2.73. The summed E-state index contributed by atoms with van der Waals surface area (Å²) in [5.41, 5.74) is -0.418. The first kappa shape index (κ1) is 14.5. The van der Waals surface area contributed by atoms with Gasteiger partial charge in [-0.25, -0.2) is 0 Å². The minimum Gasteiger partial charge on any atom is -0.481 e. The van der Waals surface area contributed by atoms with Gasteiger partial charge in [-0.05, 0) is 18.3 Å². The molecule has 102 valence electrons. The summed E-state index contributed by atoms with van der Waals surface area (Å²) in [4.78, 5) is 33.6. The molecular weight excluding hydrogens is 236 g/mol. The number of carboxylic acid groups (broad SMARTS) is 1. The summed E-state index contributed by atoms with van der Waals surface area (Å²) in [5.74, 6) is -1.38. The molecule has 0 bridgehead atoms. The van der Waals surface area contributed by atoms with E-state index in [1.54, 1.807) is 0 Å². The van der Waals surface area contributed by atoms with E-state index in [0.29, 0.717) is 0 Å². The van der Waals surface area contributed by atoms with Crippen LogP contribution in [0, 0.1) is 5.41 Å². The number of carboxylic acids is 1. The van der Waals surface area contributed by atoms with E-state index in [-0.39, 0.29) is 31.2 Å². The first-order chi connectivity index (χ1) is 8.47. The van der Waals surface area contributed by atoms with Crippen molar-refractivity contribution in [2.24, 2.45) is 5.41 Å². The zero-order valence-electron chi connectivity index (χ0n) is 10.6. The Balaban J connectivity index is 2.48. The maximum absolute atomic E-state index is 11.7. The number of hydrogen-bond donors (Lipinski definition) is 3. The normalized spacial score (nSPS) is 17.2. The number of aliphatic carboxylic acids is 1. The fourth-order valence-electron chi connectivity index (χ4n) is 2.53. The Hall–Kier alpha value is -1.59. The highest BCUT2D eigenvalue weighted by Gasteiger charge is 2.37. The molecule has 1 saturated carbocycles. The number of hydrogen-bond acceptors (Lipinski definition) is 3. The number of likely N-dealkylation sites (N-methyl/N-ethyl adjacent to an activating group) is 1. The van der Waals surface area contributed by atoms with E-state index in [2.05, 4.69) is 10.6 Å². The highest BCUT2D eigenvalue weighted by molar-refractivity contribution is 5.85. The number of rotatable bonds is 6. The molecule has 1 rings (SSSR count). The molecule has 0 atom stereocenters. The van der Waals surface area contributed by atoms with Gasteiger partial charge in [0.2, 0.25) is 11.8 Å². The van der Waals surface area contributed by atoms with Crippen molar-refractivity contribution in [3.8, 4) is 0 Å². The lowest BCUT2D eigenvalue weighted by atomic mass is 9.79. The van der Waals surface area contributed by atoms with Crippen LogP contribution in [-0.2, 0) is 14.4 Å². The first-order valence-corrected chi connectivity index (χ1v) is 6.16. The molecule has 0 saturated heterocycles. The Labute approximate surface area is 106 Å². The van der Waals surface area contributed by atoms with Gasteiger partial charge in [-0.15, -0.1) is 0 Å². The third-order valence-corrected chi connectivity index (χ3v) is 3.45. The zero-order valence-corrected chi connectivity index (χ0v) is 10.6. The molecule has 0 aromatic heterocycles. The molecule has 1 aliphatic carbocycles. The van der Waals surface area contributed by atoms with Gasteiger partial charge in [0.1, 0.15) is 0 Å².